The summed E-state index contributed by atoms with van der Waals surface area (Å²) in [7, 11) is 0.595. The topological polar surface area (TPSA) is 55.4 Å². The van der Waals surface area contributed by atoms with Gasteiger partial charge < -0.3 is 10.1 Å². The molecule has 0 aromatic heterocycles. The summed E-state index contributed by atoms with van der Waals surface area (Å²) < 4.78 is 15.4. The fraction of sp³-hybridized carbons (Fsp3) is 0.889. The fourth-order valence-corrected chi connectivity index (χ4v) is 1.40. The van der Waals surface area contributed by atoms with Crippen LogP contribution in [0.3, 0.4) is 0 Å². The molecule has 0 aliphatic carbocycles. The third-order valence-corrected chi connectivity index (χ3v) is 2.65. The van der Waals surface area contributed by atoms with Crippen LogP contribution >= 0.6 is 0 Å². The summed E-state index contributed by atoms with van der Waals surface area (Å²) in [6, 6.07) is 0. The molecule has 0 aliphatic rings. The Balaban J connectivity index is 3.76. The molecule has 4 nitrogen and oxygen atoms in total. The molecule has 0 heterocycles. The summed E-state index contributed by atoms with van der Waals surface area (Å²) in [5, 5.41) is 3.08. The maximum absolute atomic E-state index is 11.2. The number of carbonyl (C=O) groups excluding carboxylic acids is 1. The Hall–Kier alpha value is -0.420. The second kappa shape index (κ2) is 6.14. The molecule has 0 spiro atoms. The van der Waals surface area contributed by atoms with Gasteiger partial charge in [-0.1, -0.05) is 0 Å². The van der Waals surface area contributed by atoms with E-state index >= 15 is 0 Å². The molecule has 0 radical (unpaired) electrons. The van der Waals surface area contributed by atoms with Crippen molar-refractivity contribution in [2.24, 2.45) is 5.41 Å². The van der Waals surface area contributed by atoms with Gasteiger partial charge in [0.25, 0.3) is 0 Å². The van der Waals surface area contributed by atoms with Crippen molar-refractivity contribution < 1.29 is 13.7 Å². The number of rotatable bonds is 6. The normalized spacial score (nSPS) is 13.7. The molecule has 0 aromatic carbocycles. The summed E-state index contributed by atoms with van der Waals surface area (Å²) in [6.45, 7) is 4.82. The average Bonchev–Trinajstić information content (AvgIpc) is 2.10. The van der Waals surface area contributed by atoms with Crippen LogP contribution in [0.25, 0.3) is 0 Å². The number of esters is 1. The lowest BCUT2D eigenvalue weighted by Gasteiger charge is -2.21. The molecule has 0 amide bonds. The zero-order chi connectivity index (χ0) is 11.2. The number of nitrogens with one attached hydrogen (secondary N) is 1. The summed E-state index contributed by atoms with van der Waals surface area (Å²) in [5.74, 6) is 0.375. The van der Waals surface area contributed by atoms with Gasteiger partial charge in [-0.25, -0.2) is 0 Å². The van der Waals surface area contributed by atoms with E-state index in [0.29, 0.717) is 18.8 Å². The van der Waals surface area contributed by atoms with E-state index in [1.54, 1.807) is 6.26 Å². The average molecular weight is 221 g/mol. The van der Waals surface area contributed by atoms with E-state index in [1.165, 1.54) is 7.11 Å². The number of hydrogen-bond donors (Lipinski definition) is 1. The van der Waals surface area contributed by atoms with Crippen molar-refractivity contribution in [1.82, 2.24) is 5.32 Å². The van der Waals surface area contributed by atoms with Crippen LogP contribution in [-0.2, 0) is 20.3 Å². The van der Waals surface area contributed by atoms with Crippen LogP contribution in [0.4, 0.5) is 0 Å². The first-order valence-corrected chi connectivity index (χ1v) is 6.22. The predicted molar refractivity (Wildman–Crippen MR) is 57.6 cm³/mol. The highest BCUT2D eigenvalue weighted by atomic mass is 32.2. The van der Waals surface area contributed by atoms with Gasteiger partial charge in [0.2, 0.25) is 0 Å². The Bertz CT molecular complexity index is 216. The van der Waals surface area contributed by atoms with E-state index in [4.69, 9.17) is 0 Å². The molecule has 0 aromatic rings. The maximum Gasteiger partial charge on any atom is 0.312 e. The Labute approximate surface area is 87.9 Å². The van der Waals surface area contributed by atoms with Crippen molar-refractivity contribution in [1.29, 1.82) is 0 Å². The second-order valence-corrected chi connectivity index (χ2v) is 5.38. The molecular weight excluding hydrogens is 202 g/mol. The van der Waals surface area contributed by atoms with Crippen LogP contribution in [0, 0.1) is 5.41 Å². The monoisotopic (exact) mass is 221 g/mol. The molecule has 5 heteroatoms. The van der Waals surface area contributed by atoms with Crippen LogP contribution in [0.5, 0.6) is 0 Å². The number of methoxy groups -OCH3 is 1. The largest absolute Gasteiger partial charge is 0.469 e. The molecule has 84 valence electrons. The van der Waals surface area contributed by atoms with Crippen LogP contribution in [0.2, 0.25) is 0 Å². The highest BCUT2D eigenvalue weighted by Crippen LogP contribution is 2.14. The zero-order valence-electron chi connectivity index (χ0n) is 9.25. The molecule has 0 rings (SSSR count). The van der Waals surface area contributed by atoms with E-state index in [9.17, 15) is 9.00 Å². The quantitative estimate of drug-likeness (QED) is 0.512. The summed E-state index contributed by atoms with van der Waals surface area (Å²) in [4.78, 5) is 11.2. The Morgan fingerprint density at radius 2 is 2.07 bits per heavy atom. The number of hydrogen-bond acceptors (Lipinski definition) is 4. The van der Waals surface area contributed by atoms with Gasteiger partial charge in [-0.15, -0.1) is 0 Å². The van der Waals surface area contributed by atoms with Crippen molar-refractivity contribution >= 4 is 16.8 Å². The first kappa shape index (κ1) is 13.6. The van der Waals surface area contributed by atoms with Crippen LogP contribution < -0.4 is 5.32 Å². The van der Waals surface area contributed by atoms with E-state index in [2.05, 4.69) is 10.1 Å². The van der Waals surface area contributed by atoms with Gasteiger partial charge in [0.05, 0.1) is 12.5 Å². The first-order chi connectivity index (χ1) is 6.40. The third kappa shape index (κ3) is 5.34. The number of carbonyl (C=O) groups is 1. The lowest BCUT2D eigenvalue weighted by atomic mass is 9.94. The third-order valence-electron chi connectivity index (χ3n) is 1.87. The summed E-state index contributed by atoms with van der Waals surface area (Å²) >= 11 is 0. The molecule has 1 unspecified atom stereocenters. The number of ether oxygens (including phenoxy) is 1. The smallest absolute Gasteiger partial charge is 0.312 e. The minimum Gasteiger partial charge on any atom is -0.469 e. The summed E-state index contributed by atoms with van der Waals surface area (Å²) in [6.07, 6.45) is 1.66. The standard InChI is InChI=1S/C9H19NO3S/c1-9(2,8(11)13-3)7-10-5-6-14(4)12/h10H,5-7H2,1-4H3. The molecule has 14 heavy (non-hydrogen) atoms. The molecule has 1 N–H and O–H groups in total. The van der Waals surface area contributed by atoms with Crippen LogP contribution in [-0.4, -0.2) is 42.4 Å². The molecule has 0 bridgehead atoms. The van der Waals surface area contributed by atoms with Gasteiger partial charge in [-0.05, 0) is 13.8 Å². The van der Waals surface area contributed by atoms with Crippen molar-refractivity contribution in [3.63, 3.8) is 0 Å². The lowest BCUT2D eigenvalue weighted by Crippen LogP contribution is -2.38. The minimum atomic E-state index is -0.785. The van der Waals surface area contributed by atoms with E-state index < -0.39 is 16.2 Å². The zero-order valence-corrected chi connectivity index (χ0v) is 10.1. The van der Waals surface area contributed by atoms with Crippen LogP contribution in [0.15, 0.2) is 0 Å². The Morgan fingerprint density at radius 1 is 1.50 bits per heavy atom. The minimum absolute atomic E-state index is 0.234. The fourth-order valence-electron chi connectivity index (χ4n) is 0.965. The van der Waals surface area contributed by atoms with Crippen molar-refractivity contribution in [3.8, 4) is 0 Å². The predicted octanol–water partition coefficient (Wildman–Crippen LogP) is 0.154. The van der Waals surface area contributed by atoms with Gasteiger partial charge in [0, 0.05) is 35.9 Å². The van der Waals surface area contributed by atoms with Crippen LogP contribution in [0.1, 0.15) is 13.8 Å². The van der Waals surface area contributed by atoms with E-state index in [-0.39, 0.29) is 5.97 Å². The molecule has 0 saturated carbocycles. The second-order valence-electron chi connectivity index (χ2n) is 3.83. The molecular formula is C9H19NO3S. The highest BCUT2D eigenvalue weighted by Gasteiger charge is 2.27. The maximum atomic E-state index is 11.2. The van der Waals surface area contributed by atoms with Gasteiger partial charge in [0.1, 0.15) is 0 Å². The Kier molecular flexibility index (Phi) is 5.95. The van der Waals surface area contributed by atoms with Gasteiger partial charge in [0.15, 0.2) is 0 Å². The van der Waals surface area contributed by atoms with Crippen molar-refractivity contribution in [2.75, 3.05) is 32.2 Å². The summed E-state index contributed by atoms with van der Waals surface area (Å²) in [5.41, 5.74) is -0.524. The van der Waals surface area contributed by atoms with E-state index in [1.807, 2.05) is 13.8 Å². The van der Waals surface area contributed by atoms with Gasteiger partial charge in [-0.2, -0.15) is 0 Å². The first-order valence-electron chi connectivity index (χ1n) is 4.49. The van der Waals surface area contributed by atoms with Gasteiger partial charge in [-0.3, -0.25) is 9.00 Å². The van der Waals surface area contributed by atoms with E-state index in [0.717, 1.165) is 0 Å². The Morgan fingerprint density at radius 3 is 2.50 bits per heavy atom. The lowest BCUT2D eigenvalue weighted by molar-refractivity contribution is -0.150. The molecule has 1 atom stereocenters. The van der Waals surface area contributed by atoms with Gasteiger partial charge >= 0.3 is 5.97 Å². The molecule has 0 aliphatic heterocycles. The molecule has 0 fully saturated rings. The SMILES string of the molecule is COC(=O)C(C)(C)CNCCS(C)=O. The van der Waals surface area contributed by atoms with Crippen molar-refractivity contribution in [2.45, 2.75) is 13.8 Å². The highest BCUT2D eigenvalue weighted by molar-refractivity contribution is 7.84. The van der Waals surface area contributed by atoms with Crippen molar-refractivity contribution in [3.05, 3.63) is 0 Å². The molecule has 0 saturated heterocycles.